The Morgan fingerprint density at radius 3 is 1.33 bits per heavy atom. The molecule has 0 fully saturated rings. The van der Waals surface area contributed by atoms with Gasteiger partial charge in [-0.15, -0.1) is 0 Å². The molecule has 368 valence electrons. The van der Waals surface area contributed by atoms with Gasteiger partial charge in [-0.05, 0) is 70.6 Å². The largest absolute Gasteiger partial charge is 0.472 e. The lowest BCUT2D eigenvalue weighted by Gasteiger charge is -2.21. The predicted octanol–water partition coefficient (Wildman–Crippen LogP) is 13.8. The first-order chi connectivity index (χ1) is 31.2. The van der Waals surface area contributed by atoms with Crippen LogP contribution in [0.4, 0.5) is 0 Å². The topological polar surface area (TPSA) is 155 Å². The summed E-state index contributed by atoms with van der Waals surface area (Å²) in [6.07, 6.45) is 49.1. The molecular weight excluding hydrogens is 832 g/mol. The van der Waals surface area contributed by atoms with Crippen molar-refractivity contribution >= 4 is 25.7 Å². The molecular formula is C52H89O11P. The van der Waals surface area contributed by atoms with Crippen LogP contribution in [0.1, 0.15) is 201 Å². The third kappa shape index (κ3) is 44.1. The maximum absolute atomic E-state index is 12.8. The fraction of sp³-hybridized carbons (Fsp3) is 0.712. The van der Waals surface area contributed by atoms with Crippen LogP contribution in [0.25, 0.3) is 0 Å². The first-order valence-electron chi connectivity index (χ1n) is 24.8. The maximum atomic E-state index is 12.8. The Morgan fingerprint density at radius 1 is 0.469 bits per heavy atom. The summed E-state index contributed by atoms with van der Waals surface area (Å²) in [4.78, 5) is 48.1. The van der Waals surface area contributed by atoms with Crippen LogP contribution in [0.15, 0.2) is 72.9 Å². The van der Waals surface area contributed by atoms with Crippen LogP contribution in [0.2, 0.25) is 0 Å². The van der Waals surface area contributed by atoms with Gasteiger partial charge in [-0.25, -0.2) is 4.57 Å². The van der Waals surface area contributed by atoms with Crippen LogP contribution in [0.3, 0.4) is 0 Å². The highest BCUT2D eigenvalue weighted by Crippen LogP contribution is 2.43. The molecule has 64 heavy (non-hydrogen) atoms. The second-order valence-electron chi connectivity index (χ2n) is 16.3. The standard InChI is InChI=1S/C52H89O11P/c1-4-7-10-13-16-19-21-23-24-26-27-30-32-35-38-41-50(54)59-45-49(63-52(56)43-40-37-34-31-28-25-22-20-17-14-11-8-5-2)47-61-64(57,58)60-46-48(44-53)62-51(55)42-39-36-33-29-18-15-12-9-6-3/h7,10,16,19-20,22-24,27,30,35,38,48-49,53H,4-6,8-9,11-15,17-18,21,25-26,28-29,31-34,36-37,39-47H2,1-3H3,(H,57,58)/b10-7-,19-16-,22-20-,24-23-,30-27-,38-35-. The summed E-state index contributed by atoms with van der Waals surface area (Å²) in [7, 11) is -4.76. The molecule has 11 nitrogen and oxygen atoms in total. The number of carbonyl (C=O) groups excluding carboxylic acids is 3. The van der Waals surface area contributed by atoms with Crippen LogP contribution in [0.5, 0.6) is 0 Å². The lowest BCUT2D eigenvalue weighted by molar-refractivity contribution is -0.161. The van der Waals surface area contributed by atoms with Crippen molar-refractivity contribution in [3.8, 4) is 0 Å². The summed E-state index contributed by atoms with van der Waals surface area (Å²) >= 11 is 0. The number of unbranched alkanes of at least 4 members (excludes halogenated alkanes) is 17. The van der Waals surface area contributed by atoms with E-state index < -0.39 is 64.4 Å². The van der Waals surface area contributed by atoms with Gasteiger partial charge in [0.1, 0.15) is 12.7 Å². The molecule has 12 heteroatoms. The van der Waals surface area contributed by atoms with Gasteiger partial charge in [-0.2, -0.15) is 0 Å². The molecule has 0 amide bonds. The first-order valence-corrected chi connectivity index (χ1v) is 26.3. The van der Waals surface area contributed by atoms with E-state index in [1.807, 2.05) is 12.2 Å². The minimum Gasteiger partial charge on any atom is -0.461 e. The predicted molar refractivity (Wildman–Crippen MR) is 261 cm³/mol. The SMILES string of the molecule is CC/C=C\C/C=C\C/C=C\C/C=C\C/C=C\CC(=O)OCC(COP(=O)(O)OCC(CO)OC(=O)CCCCCCCCCCC)OC(=O)CCCCCCC/C=C\CCCCCC. The summed E-state index contributed by atoms with van der Waals surface area (Å²) in [5, 5.41) is 9.73. The van der Waals surface area contributed by atoms with E-state index in [1.165, 1.54) is 57.8 Å². The minimum atomic E-state index is -4.76. The Labute approximate surface area is 388 Å². The number of aliphatic hydroxyl groups is 1. The number of carbonyl (C=O) groups is 3. The normalized spacial score (nSPS) is 14.1. The quantitative estimate of drug-likeness (QED) is 0.0197. The lowest BCUT2D eigenvalue weighted by Crippen LogP contribution is -2.30. The Kier molecular flexibility index (Phi) is 44.2. The molecule has 2 N–H and O–H groups in total. The van der Waals surface area contributed by atoms with E-state index in [0.29, 0.717) is 19.3 Å². The van der Waals surface area contributed by atoms with E-state index in [9.17, 15) is 28.9 Å². The van der Waals surface area contributed by atoms with Gasteiger partial charge in [0.2, 0.25) is 0 Å². The molecule has 0 bridgehead atoms. The summed E-state index contributed by atoms with van der Waals surface area (Å²) in [5.74, 6) is -1.63. The van der Waals surface area contributed by atoms with Gasteiger partial charge in [0.25, 0.3) is 0 Å². The van der Waals surface area contributed by atoms with Crippen LogP contribution in [-0.2, 0) is 42.2 Å². The fourth-order valence-corrected chi connectivity index (χ4v) is 7.15. The third-order valence-corrected chi connectivity index (χ3v) is 11.1. The van der Waals surface area contributed by atoms with E-state index in [1.54, 1.807) is 6.08 Å². The van der Waals surface area contributed by atoms with Gasteiger partial charge in [-0.3, -0.25) is 23.4 Å². The highest BCUT2D eigenvalue weighted by atomic mass is 31.2. The molecule has 0 aliphatic rings. The van der Waals surface area contributed by atoms with E-state index in [2.05, 4.69) is 75.5 Å². The summed E-state index contributed by atoms with van der Waals surface area (Å²) in [6, 6.07) is 0. The Hall–Kier alpha value is -3.08. The van der Waals surface area contributed by atoms with E-state index in [-0.39, 0.29) is 19.3 Å². The molecule has 0 aromatic heterocycles. The zero-order valence-electron chi connectivity index (χ0n) is 40.2. The van der Waals surface area contributed by atoms with Crippen molar-refractivity contribution in [3.05, 3.63) is 72.9 Å². The average Bonchev–Trinajstić information content (AvgIpc) is 3.28. The zero-order valence-corrected chi connectivity index (χ0v) is 41.1. The zero-order chi connectivity index (χ0) is 47.0. The summed E-state index contributed by atoms with van der Waals surface area (Å²) < 4.78 is 39.1. The average molecular weight is 921 g/mol. The van der Waals surface area contributed by atoms with E-state index in [0.717, 1.165) is 83.5 Å². The highest BCUT2D eigenvalue weighted by Gasteiger charge is 2.28. The first kappa shape index (κ1) is 60.9. The Balaban J connectivity index is 4.89. The number of esters is 3. The van der Waals surface area contributed by atoms with Crippen molar-refractivity contribution in [3.63, 3.8) is 0 Å². The van der Waals surface area contributed by atoms with Gasteiger partial charge in [0.15, 0.2) is 6.10 Å². The number of phosphoric ester groups is 1. The Morgan fingerprint density at radius 2 is 0.859 bits per heavy atom. The maximum Gasteiger partial charge on any atom is 0.472 e. The highest BCUT2D eigenvalue weighted by molar-refractivity contribution is 7.47. The Bertz CT molecular complexity index is 1350. The molecule has 0 radical (unpaired) electrons. The molecule has 0 saturated carbocycles. The summed E-state index contributed by atoms with van der Waals surface area (Å²) in [5.41, 5.74) is 0. The number of rotatable bonds is 45. The second kappa shape index (κ2) is 46.4. The number of aliphatic hydroxyl groups excluding tert-OH is 1. The minimum absolute atomic E-state index is 0.00814. The third-order valence-electron chi connectivity index (χ3n) is 10.1. The van der Waals surface area contributed by atoms with Gasteiger partial charge in [0, 0.05) is 12.8 Å². The number of ether oxygens (including phenoxy) is 3. The van der Waals surface area contributed by atoms with Gasteiger partial charge in [-0.1, -0.05) is 184 Å². The van der Waals surface area contributed by atoms with Crippen LogP contribution in [0, 0.1) is 0 Å². The van der Waals surface area contributed by atoms with Crippen molar-refractivity contribution in [2.45, 2.75) is 213 Å². The molecule has 0 aromatic rings. The fourth-order valence-electron chi connectivity index (χ4n) is 6.36. The molecule has 3 atom stereocenters. The van der Waals surface area contributed by atoms with Gasteiger partial charge in [0.05, 0.1) is 26.2 Å². The number of allylic oxidation sites excluding steroid dienone is 11. The van der Waals surface area contributed by atoms with Crippen molar-refractivity contribution in [1.29, 1.82) is 0 Å². The molecule has 0 aromatic carbocycles. The van der Waals surface area contributed by atoms with Crippen molar-refractivity contribution in [2.75, 3.05) is 26.4 Å². The lowest BCUT2D eigenvalue weighted by atomic mass is 10.1. The molecule has 0 aliphatic carbocycles. The van der Waals surface area contributed by atoms with Crippen molar-refractivity contribution < 1.29 is 52.2 Å². The molecule has 0 rings (SSSR count). The number of phosphoric acid groups is 1. The number of hydrogen-bond donors (Lipinski definition) is 2. The molecule has 3 unspecified atom stereocenters. The smallest absolute Gasteiger partial charge is 0.461 e. The van der Waals surface area contributed by atoms with Crippen LogP contribution in [-0.4, -0.2) is 66.5 Å². The number of hydrogen-bond acceptors (Lipinski definition) is 10. The van der Waals surface area contributed by atoms with Crippen LogP contribution < -0.4 is 0 Å². The monoisotopic (exact) mass is 921 g/mol. The van der Waals surface area contributed by atoms with Gasteiger partial charge < -0.3 is 24.2 Å². The molecule has 0 saturated heterocycles. The van der Waals surface area contributed by atoms with Crippen molar-refractivity contribution in [2.24, 2.45) is 0 Å². The second-order valence-corrected chi connectivity index (χ2v) is 17.7. The van der Waals surface area contributed by atoms with E-state index >= 15 is 0 Å². The molecule has 0 heterocycles. The molecule has 0 spiro atoms. The molecule has 0 aliphatic heterocycles. The van der Waals surface area contributed by atoms with Crippen molar-refractivity contribution in [1.82, 2.24) is 0 Å². The van der Waals surface area contributed by atoms with Gasteiger partial charge >= 0.3 is 25.7 Å². The summed E-state index contributed by atoms with van der Waals surface area (Å²) in [6.45, 7) is 4.34. The van der Waals surface area contributed by atoms with Crippen LogP contribution >= 0.6 is 7.82 Å². The van der Waals surface area contributed by atoms with E-state index in [4.69, 9.17) is 23.3 Å².